The molecule has 0 rings (SSSR count). The van der Waals surface area contributed by atoms with Gasteiger partial charge in [0.25, 0.3) is 0 Å². The fourth-order valence-corrected chi connectivity index (χ4v) is 1.26. The Bertz CT molecular complexity index is 140. The van der Waals surface area contributed by atoms with E-state index >= 15 is 0 Å². The molecule has 0 aliphatic carbocycles. The smallest absolute Gasteiger partial charge is 0.0594 e. The minimum absolute atomic E-state index is 0.552. The second-order valence-electron chi connectivity index (χ2n) is 4.46. The van der Waals surface area contributed by atoms with Crippen molar-refractivity contribution in [3.8, 4) is 0 Å². The van der Waals surface area contributed by atoms with E-state index in [-0.39, 0.29) is 0 Å². The molecule has 0 bridgehead atoms. The van der Waals surface area contributed by atoms with Crippen LogP contribution in [0.4, 0.5) is 0 Å². The number of ether oxygens (including phenoxy) is 1. The van der Waals surface area contributed by atoms with Gasteiger partial charge in [-0.2, -0.15) is 0 Å². The number of hydrogen-bond donors (Lipinski definition) is 1. The van der Waals surface area contributed by atoms with Gasteiger partial charge in [0, 0.05) is 25.2 Å². The maximum Gasteiger partial charge on any atom is 0.0594 e. The molecule has 0 saturated heterocycles. The van der Waals surface area contributed by atoms with Crippen LogP contribution < -0.4 is 5.32 Å². The van der Waals surface area contributed by atoms with E-state index in [0.717, 1.165) is 26.3 Å². The Balaban J connectivity index is 3.23. The highest BCUT2D eigenvalue weighted by Gasteiger charge is 2.05. The molecule has 0 aliphatic heterocycles. The first-order chi connectivity index (χ1) is 7.07. The Hall–Kier alpha value is -0.120. The maximum absolute atomic E-state index is 5.55. The summed E-state index contributed by atoms with van der Waals surface area (Å²) in [5, 5.41) is 3.33. The van der Waals surface area contributed by atoms with Crippen LogP contribution in [0, 0.1) is 0 Å². The van der Waals surface area contributed by atoms with Crippen LogP contribution in [0.1, 0.15) is 34.1 Å². The zero-order valence-corrected chi connectivity index (χ0v) is 11.0. The first kappa shape index (κ1) is 14.9. The van der Waals surface area contributed by atoms with E-state index in [1.807, 2.05) is 0 Å². The molecule has 0 spiro atoms. The molecule has 1 atom stereocenters. The van der Waals surface area contributed by atoms with Crippen molar-refractivity contribution in [3.63, 3.8) is 0 Å². The fraction of sp³-hybridized carbons (Fsp3) is 1.00. The first-order valence-corrected chi connectivity index (χ1v) is 6.09. The van der Waals surface area contributed by atoms with Gasteiger partial charge in [-0.25, -0.2) is 0 Å². The minimum atomic E-state index is 0.552. The lowest BCUT2D eigenvalue weighted by molar-refractivity contribution is 0.101. The van der Waals surface area contributed by atoms with Crippen LogP contribution in [0.2, 0.25) is 0 Å². The summed E-state index contributed by atoms with van der Waals surface area (Å²) in [6.07, 6.45) is 1.20. The van der Waals surface area contributed by atoms with Crippen molar-refractivity contribution in [3.05, 3.63) is 0 Å². The third-order valence-corrected chi connectivity index (χ3v) is 2.73. The van der Waals surface area contributed by atoms with Gasteiger partial charge in [-0.05, 0) is 20.4 Å². The topological polar surface area (TPSA) is 24.5 Å². The normalized spacial score (nSPS) is 13.8. The molecule has 0 radical (unpaired) electrons. The van der Waals surface area contributed by atoms with Gasteiger partial charge in [0.2, 0.25) is 0 Å². The number of nitrogens with zero attached hydrogens (tertiary/aromatic N) is 1. The number of nitrogens with one attached hydrogen (secondary N) is 1. The van der Waals surface area contributed by atoms with Gasteiger partial charge in [0.05, 0.1) is 13.2 Å². The Kier molecular flexibility index (Phi) is 9.06. The minimum Gasteiger partial charge on any atom is -0.379 e. The third kappa shape index (κ3) is 8.85. The average Bonchev–Trinajstić information content (AvgIpc) is 2.21. The van der Waals surface area contributed by atoms with Gasteiger partial charge in [-0.3, -0.25) is 0 Å². The van der Waals surface area contributed by atoms with Gasteiger partial charge < -0.3 is 15.0 Å². The summed E-state index contributed by atoms with van der Waals surface area (Å²) in [5.74, 6) is 0. The molecule has 0 aromatic heterocycles. The van der Waals surface area contributed by atoms with Crippen LogP contribution in [0.3, 0.4) is 0 Å². The van der Waals surface area contributed by atoms with Gasteiger partial charge in [-0.15, -0.1) is 0 Å². The molecule has 1 unspecified atom stereocenters. The zero-order valence-electron chi connectivity index (χ0n) is 11.0. The molecule has 1 N–H and O–H groups in total. The summed E-state index contributed by atoms with van der Waals surface area (Å²) < 4.78 is 5.55. The molecule has 0 heterocycles. The Morgan fingerprint density at radius 1 is 1.20 bits per heavy atom. The summed E-state index contributed by atoms with van der Waals surface area (Å²) in [7, 11) is 2.16. The Morgan fingerprint density at radius 3 is 2.40 bits per heavy atom. The molecule has 0 aliphatic rings. The van der Waals surface area contributed by atoms with Crippen molar-refractivity contribution in [1.29, 1.82) is 0 Å². The number of rotatable bonds is 9. The van der Waals surface area contributed by atoms with Crippen LogP contribution in [-0.2, 0) is 4.74 Å². The highest BCUT2D eigenvalue weighted by molar-refractivity contribution is 4.60. The number of hydrogen-bond acceptors (Lipinski definition) is 3. The first-order valence-electron chi connectivity index (χ1n) is 6.09. The summed E-state index contributed by atoms with van der Waals surface area (Å²) in [6, 6.07) is 1.21. The molecule has 15 heavy (non-hydrogen) atoms. The third-order valence-electron chi connectivity index (χ3n) is 2.73. The number of likely N-dealkylation sites (N-methyl/N-ethyl adjacent to an activating group) is 1. The lowest BCUT2D eigenvalue weighted by Gasteiger charge is -2.23. The Labute approximate surface area is 95.2 Å². The highest BCUT2D eigenvalue weighted by atomic mass is 16.5. The standard InChI is InChI=1S/C12H28N2O/c1-6-12(4)14(5)8-10-15-9-7-13-11(2)3/h11-13H,6-10H2,1-5H3. The largest absolute Gasteiger partial charge is 0.379 e. The summed E-state index contributed by atoms with van der Waals surface area (Å²) >= 11 is 0. The molecule has 3 heteroatoms. The maximum atomic E-state index is 5.55. The molecule has 0 fully saturated rings. The average molecular weight is 216 g/mol. The molecular formula is C12H28N2O. The highest BCUT2D eigenvalue weighted by Crippen LogP contribution is 1.98. The fourth-order valence-electron chi connectivity index (χ4n) is 1.26. The predicted octanol–water partition coefficient (Wildman–Crippen LogP) is 1.73. The van der Waals surface area contributed by atoms with Gasteiger partial charge in [0.15, 0.2) is 0 Å². The molecule has 3 nitrogen and oxygen atoms in total. The van der Waals surface area contributed by atoms with Crippen molar-refractivity contribution in [2.24, 2.45) is 0 Å². The Morgan fingerprint density at radius 2 is 1.87 bits per heavy atom. The lowest BCUT2D eigenvalue weighted by Crippen LogP contribution is -2.32. The molecule has 92 valence electrons. The van der Waals surface area contributed by atoms with Crippen LogP contribution in [-0.4, -0.2) is 50.3 Å². The van der Waals surface area contributed by atoms with Crippen molar-refractivity contribution >= 4 is 0 Å². The summed E-state index contributed by atoms with van der Waals surface area (Å²) in [6.45, 7) is 12.4. The van der Waals surface area contributed by atoms with E-state index < -0.39 is 0 Å². The van der Waals surface area contributed by atoms with Crippen LogP contribution >= 0.6 is 0 Å². The van der Waals surface area contributed by atoms with Gasteiger partial charge in [0.1, 0.15) is 0 Å². The second-order valence-corrected chi connectivity index (χ2v) is 4.46. The van der Waals surface area contributed by atoms with E-state index in [2.05, 4.69) is 45.0 Å². The SMILES string of the molecule is CCC(C)N(C)CCOCCNC(C)C. The molecule has 0 aromatic carbocycles. The lowest BCUT2D eigenvalue weighted by atomic mass is 10.2. The van der Waals surface area contributed by atoms with Crippen LogP contribution in [0.15, 0.2) is 0 Å². The van der Waals surface area contributed by atoms with Crippen LogP contribution in [0.25, 0.3) is 0 Å². The van der Waals surface area contributed by atoms with E-state index in [1.165, 1.54) is 6.42 Å². The van der Waals surface area contributed by atoms with Gasteiger partial charge >= 0.3 is 0 Å². The van der Waals surface area contributed by atoms with E-state index in [0.29, 0.717) is 12.1 Å². The summed E-state index contributed by atoms with van der Waals surface area (Å²) in [4.78, 5) is 2.34. The monoisotopic (exact) mass is 216 g/mol. The van der Waals surface area contributed by atoms with Crippen molar-refractivity contribution in [2.45, 2.75) is 46.2 Å². The predicted molar refractivity (Wildman–Crippen MR) is 66.3 cm³/mol. The zero-order chi connectivity index (χ0) is 11.7. The van der Waals surface area contributed by atoms with E-state index in [1.54, 1.807) is 0 Å². The van der Waals surface area contributed by atoms with Crippen molar-refractivity contribution in [1.82, 2.24) is 10.2 Å². The van der Waals surface area contributed by atoms with E-state index in [9.17, 15) is 0 Å². The molecular weight excluding hydrogens is 188 g/mol. The molecule has 0 aromatic rings. The van der Waals surface area contributed by atoms with Crippen LogP contribution in [0.5, 0.6) is 0 Å². The summed E-state index contributed by atoms with van der Waals surface area (Å²) in [5.41, 5.74) is 0. The quantitative estimate of drug-likeness (QED) is 0.594. The van der Waals surface area contributed by atoms with Crippen molar-refractivity contribution in [2.75, 3.05) is 33.4 Å². The van der Waals surface area contributed by atoms with Gasteiger partial charge in [-0.1, -0.05) is 20.8 Å². The molecule has 0 amide bonds. The second kappa shape index (κ2) is 9.13. The van der Waals surface area contributed by atoms with E-state index in [4.69, 9.17) is 4.74 Å². The molecule has 0 saturated carbocycles. The van der Waals surface area contributed by atoms with Crippen molar-refractivity contribution < 1.29 is 4.74 Å².